The van der Waals surface area contributed by atoms with Gasteiger partial charge in [-0.2, -0.15) is 0 Å². The molecule has 0 radical (unpaired) electrons. The fraction of sp³-hybridized carbons (Fsp3) is 0.0526. The molecule has 0 saturated heterocycles. The van der Waals surface area contributed by atoms with Crippen LogP contribution in [0.2, 0.25) is 0 Å². The van der Waals surface area contributed by atoms with Crippen LogP contribution in [0.25, 0.3) is 11.3 Å². The molecular formula is C19H22N4O2. The maximum Gasteiger partial charge on any atom is 0.278 e. The molecule has 0 fully saturated rings. The summed E-state index contributed by atoms with van der Waals surface area (Å²) in [6.45, 7) is 1.50. The molecule has 0 aliphatic heterocycles. The summed E-state index contributed by atoms with van der Waals surface area (Å²) < 4.78 is 0. The summed E-state index contributed by atoms with van der Waals surface area (Å²) in [6, 6.07) is 16.0. The molecule has 0 aliphatic rings. The molecule has 0 atom stereocenters. The molecule has 1 heterocycles. The van der Waals surface area contributed by atoms with Crippen molar-refractivity contribution in [2.75, 3.05) is 11.1 Å². The van der Waals surface area contributed by atoms with Crippen LogP contribution in [0.3, 0.4) is 0 Å². The highest BCUT2D eigenvalue weighted by atomic mass is 16.2. The summed E-state index contributed by atoms with van der Waals surface area (Å²) in [5.41, 5.74) is 8.35. The molecule has 6 heteroatoms. The zero-order valence-corrected chi connectivity index (χ0v) is 13.6. The summed E-state index contributed by atoms with van der Waals surface area (Å²) >= 11 is 0. The number of para-hydroxylation sites is 1. The standard InChI is InChI=1S/C19H16N4O2.3H2/c1-12(24)13-7-9-14(10-8-13)16-11-21-18(20)17(23-16)19(25)22-15-5-3-2-4-6-15;;;/h2-11H,1H3,(H2,20,21)(H,22,25);3*1H. The first-order valence-corrected chi connectivity index (χ1v) is 7.65. The van der Waals surface area contributed by atoms with Gasteiger partial charge in [0.2, 0.25) is 0 Å². The SMILES string of the molecule is CC(=O)c1ccc(-c2cnc(N)c(C(=O)Nc3ccccc3)n2)cc1.[HH].[HH].[HH]. The number of Topliss-reactive ketones (excluding diaryl/α,β-unsaturated/α-hetero) is 1. The zero-order valence-electron chi connectivity index (χ0n) is 13.6. The van der Waals surface area contributed by atoms with E-state index in [0.29, 0.717) is 16.9 Å². The van der Waals surface area contributed by atoms with Crippen molar-refractivity contribution in [1.82, 2.24) is 9.97 Å². The Morgan fingerprint density at radius 3 is 2.36 bits per heavy atom. The van der Waals surface area contributed by atoms with Gasteiger partial charge in [0.25, 0.3) is 5.91 Å². The van der Waals surface area contributed by atoms with Gasteiger partial charge in [-0.3, -0.25) is 9.59 Å². The molecule has 25 heavy (non-hydrogen) atoms. The van der Waals surface area contributed by atoms with Crippen molar-refractivity contribution in [1.29, 1.82) is 0 Å². The van der Waals surface area contributed by atoms with E-state index in [0.717, 1.165) is 5.56 Å². The lowest BCUT2D eigenvalue weighted by molar-refractivity contribution is 0.101. The van der Waals surface area contributed by atoms with Gasteiger partial charge < -0.3 is 11.1 Å². The number of nitrogens with one attached hydrogen (secondary N) is 1. The topological polar surface area (TPSA) is 98.0 Å². The predicted molar refractivity (Wildman–Crippen MR) is 103 cm³/mol. The van der Waals surface area contributed by atoms with Crippen molar-refractivity contribution in [2.24, 2.45) is 0 Å². The Bertz CT molecular complexity index is 936. The molecule has 0 saturated carbocycles. The lowest BCUT2D eigenvalue weighted by Gasteiger charge is -2.08. The summed E-state index contributed by atoms with van der Waals surface area (Å²) in [5.74, 6) is -0.395. The number of carbonyl (C=O) groups excluding carboxylic acids is 2. The van der Waals surface area contributed by atoms with Crippen molar-refractivity contribution in [2.45, 2.75) is 6.92 Å². The van der Waals surface area contributed by atoms with Crippen LogP contribution in [-0.2, 0) is 0 Å². The predicted octanol–water partition coefficient (Wildman–Crippen LogP) is 3.92. The van der Waals surface area contributed by atoms with Gasteiger partial charge in [0.05, 0.1) is 11.9 Å². The maximum atomic E-state index is 12.4. The van der Waals surface area contributed by atoms with E-state index in [-0.39, 0.29) is 21.6 Å². The summed E-state index contributed by atoms with van der Waals surface area (Å²) in [7, 11) is 0. The van der Waals surface area contributed by atoms with Gasteiger partial charge in [0.1, 0.15) is 0 Å². The number of amides is 1. The number of nitrogen functional groups attached to an aromatic ring is 1. The van der Waals surface area contributed by atoms with Crippen LogP contribution in [0.4, 0.5) is 11.5 Å². The molecular weight excluding hydrogens is 316 g/mol. The number of benzene rings is 2. The number of carbonyl (C=O) groups is 2. The quantitative estimate of drug-likeness (QED) is 0.703. The minimum absolute atomic E-state index is 0. The van der Waals surface area contributed by atoms with Gasteiger partial charge in [-0.15, -0.1) is 0 Å². The fourth-order valence-corrected chi connectivity index (χ4v) is 2.29. The number of aromatic nitrogens is 2. The number of nitrogens with two attached hydrogens (primary N) is 1. The van der Waals surface area contributed by atoms with Crippen LogP contribution in [0, 0.1) is 0 Å². The zero-order chi connectivity index (χ0) is 17.8. The molecule has 0 bridgehead atoms. The van der Waals surface area contributed by atoms with Gasteiger partial charge >= 0.3 is 0 Å². The van der Waals surface area contributed by atoms with Crippen LogP contribution < -0.4 is 11.1 Å². The minimum Gasteiger partial charge on any atom is -0.382 e. The van der Waals surface area contributed by atoms with Crippen molar-refractivity contribution < 1.29 is 13.9 Å². The van der Waals surface area contributed by atoms with E-state index in [1.807, 2.05) is 18.2 Å². The van der Waals surface area contributed by atoms with Crippen molar-refractivity contribution in [3.8, 4) is 11.3 Å². The van der Waals surface area contributed by atoms with E-state index >= 15 is 0 Å². The Hall–Kier alpha value is -3.54. The average molecular weight is 338 g/mol. The average Bonchev–Trinajstić information content (AvgIpc) is 2.63. The summed E-state index contributed by atoms with van der Waals surface area (Å²) in [6.07, 6.45) is 1.50. The largest absolute Gasteiger partial charge is 0.382 e. The Kier molecular flexibility index (Phi) is 4.52. The molecule has 0 spiro atoms. The van der Waals surface area contributed by atoms with Crippen LogP contribution >= 0.6 is 0 Å². The van der Waals surface area contributed by atoms with E-state index in [9.17, 15) is 9.59 Å². The molecule has 1 amide bonds. The van der Waals surface area contributed by atoms with Crippen molar-refractivity contribution in [3.63, 3.8) is 0 Å². The molecule has 130 valence electrons. The second-order valence-electron chi connectivity index (χ2n) is 5.44. The van der Waals surface area contributed by atoms with Crippen molar-refractivity contribution >= 4 is 23.2 Å². The highest BCUT2D eigenvalue weighted by Crippen LogP contribution is 2.20. The second kappa shape index (κ2) is 6.92. The number of ketones is 1. The molecule has 3 aromatic rings. The van der Waals surface area contributed by atoms with Crippen LogP contribution in [-0.4, -0.2) is 21.7 Å². The molecule has 1 aromatic heterocycles. The lowest BCUT2D eigenvalue weighted by atomic mass is 10.1. The summed E-state index contributed by atoms with van der Waals surface area (Å²) in [4.78, 5) is 32.2. The molecule has 0 unspecified atom stereocenters. The molecule has 3 N–H and O–H groups in total. The third-order valence-corrected chi connectivity index (χ3v) is 3.63. The van der Waals surface area contributed by atoms with E-state index in [1.54, 1.807) is 36.4 Å². The fourth-order valence-electron chi connectivity index (χ4n) is 2.29. The van der Waals surface area contributed by atoms with E-state index in [2.05, 4.69) is 15.3 Å². The number of nitrogens with zero attached hydrogens (tertiary/aromatic N) is 2. The number of anilines is 2. The van der Waals surface area contributed by atoms with Gasteiger partial charge in [-0.1, -0.05) is 42.5 Å². The van der Waals surface area contributed by atoms with Gasteiger partial charge in [0, 0.05) is 21.1 Å². The number of rotatable bonds is 4. The van der Waals surface area contributed by atoms with E-state index in [1.165, 1.54) is 13.1 Å². The minimum atomic E-state index is -0.432. The Labute approximate surface area is 149 Å². The first kappa shape index (κ1) is 16.3. The molecule has 2 aromatic carbocycles. The van der Waals surface area contributed by atoms with Crippen LogP contribution in [0.15, 0.2) is 60.8 Å². The van der Waals surface area contributed by atoms with E-state index in [4.69, 9.17) is 5.73 Å². The monoisotopic (exact) mass is 338 g/mol. The van der Waals surface area contributed by atoms with Crippen LogP contribution in [0.5, 0.6) is 0 Å². The van der Waals surface area contributed by atoms with E-state index < -0.39 is 5.91 Å². The molecule has 6 nitrogen and oxygen atoms in total. The maximum absolute atomic E-state index is 12.4. The third kappa shape index (κ3) is 3.69. The Morgan fingerprint density at radius 1 is 1.04 bits per heavy atom. The summed E-state index contributed by atoms with van der Waals surface area (Å²) in [5, 5.41) is 2.74. The first-order chi connectivity index (χ1) is 12.0. The molecule has 0 aliphatic carbocycles. The highest BCUT2D eigenvalue weighted by Gasteiger charge is 2.15. The lowest BCUT2D eigenvalue weighted by Crippen LogP contribution is -2.17. The van der Waals surface area contributed by atoms with Crippen LogP contribution in [0.1, 0.15) is 32.1 Å². The normalized spacial score (nSPS) is 10.3. The first-order valence-electron chi connectivity index (χ1n) is 7.65. The molecule has 3 rings (SSSR count). The Morgan fingerprint density at radius 2 is 1.72 bits per heavy atom. The number of hydrogen-bond donors (Lipinski definition) is 2. The van der Waals surface area contributed by atoms with Gasteiger partial charge in [0.15, 0.2) is 17.3 Å². The smallest absolute Gasteiger partial charge is 0.278 e. The number of hydrogen-bond acceptors (Lipinski definition) is 5. The van der Waals surface area contributed by atoms with Gasteiger partial charge in [-0.05, 0) is 19.1 Å². The third-order valence-electron chi connectivity index (χ3n) is 3.63. The highest BCUT2D eigenvalue weighted by molar-refractivity contribution is 6.06. The van der Waals surface area contributed by atoms with Crippen molar-refractivity contribution in [3.05, 3.63) is 72.1 Å². The second-order valence-corrected chi connectivity index (χ2v) is 5.44. The van der Waals surface area contributed by atoms with Gasteiger partial charge in [-0.25, -0.2) is 9.97 Å². The Balaban J connectivity index is 0.00000243.